The largest absolute Gasteiger partial charge is 0.385 e. The zero-order valence-corrected chi connectivity index (χ0v) is 10.5. The lowest BCUT2D eigenvalue weighted by Gasteiger charge is -2.37. The van der Waals surface area contributed by atoms with Gasteiger partial charge in [0.25, 0.3) is 10.2 Å². The summed E-state index contributed by atoms with van der Waals surface area (Å²) in [5.41, 5.74) is -0.521. The van der Waals surface area contributed by atoms with E-state index in [1.165, 1.54) is 24.3 Å². The molecule has 1 aliphatic rings. The third-order valence-electron chi connectivity index (χ3n) is 3.29. The van der Waals surface area contributed by atoms with Crippen molar-refractivity contribution < 1.29 is 17.9 Å². The summed E-state index contributed by atoms with van der Waals surface area (Å²) in [7, 11) is -3.70. The predicted molar refractivity (Wildman–Crippen MR) is 64.2 cm³/mol. The van der Waals surface area contributed by atoms with Crippen LogP contribution >= 0.6 is 0 Å². The quantitative estimate of drug-likeness (QED) is 0.814. The van der Waals surface area contributed by atoms with Crippen LogP contribution in [0.4, 0.5) is 4.39 Å². The van der Waals surface area contributed by atoms with E-state index in [0.29, 0.717) is 5.56 Å². The lowest BCUT2D eigenvalue weighted by molar-refractivity contribution is -0.00964. The smallest absolute Gasteiger partial charge is 0.276 e. The molecule has 0 amide bonds. The van der Waals surface area contributed by atoms with Crippen LogP contribution in [0.3, 0.4) is 0 Å². The molecule has 0 radical (unpaired) electrons. The van der Waals surface area contributed by atoms with Crippen molar-refractivity contribution in [1.82, 2.24) is 4.31 Å². The van der Waals surface area contributed by atoms with Crippen LogP contribution in [0.5, 0.6) is 0 Å². The van der Waals surface area contributed by atoms with Gasteiger partial charge in [0.1, 0.15) is 5.82 Å². The lowest BCUT2D eigenvalue weighted by Crippen LogP contribution is -2.47. The van der Waals surface area contributed by atoms with Gasteiger partial charge in [0.15, 0.2) is 0 Å². The van der Waals surface area contributed by atoms with Gasteiger partial charge in [-0.05, 0) is 30.5 Å². The minimum absolute atomic E-state index is 0.159. The maximum Gasteiger partial charge on any atom is 0.276 e. The van der Waals surface area contributed by atoms with E-state index in [2.05, 4.69) is 0 Å². The second-order valence-electron chi connectivity index (χ2n) is 4.48. The van der Waals surface area contributed by atoms with Crippen molar-refractivity contribution in [3.63, 3.8) is 0 Å². The number of rotatable bonds is 2. The molecule has 1 saturated heterocycles. The standard InChI is InChI=1S/C11H15FN2O3S/c12-10-3-1-9(2-4-10)11(15)5-7-14(8-6-11)18(13,16)17/h1-4,15H,5-8H2,(H2,13,16,17). The van der Waals surface area contributed by atoms with Gasteiger partial charge in [0, 0.05) is 13.1 Å². The molecule has 100 valence electrons. The molecule has 0 atom stereocenters. The first-order valence-corrected chi connectivity index (χ1v) is 7.08. The van der Waals surface area contributed by atoms with Gasteiger partial charge in [-0.25, -0.2) is 9.53 Å². The number of halogens is 1. The highest BCUT2D eigenvalue weighted by atomic mass is 32.2. The summed E-state index contributed by atoms with van der Waals surface area (Å²) in [5.74, 6) is -0.371. The number of piperidine rings is 1. The minimum Gasteiger partial charge on any atom is -0.385 e. The summed E-state index contributed by atoms with van der Waals surface area (Å²) in [6.45, 7) is 0.319. The molecule has 5 nitrogen and oxygen atoms in total. The fourth-order valence-corrected chi connectivity index (χ4v) is 2.85. The molecule has 0 unspecified atom stereocenters. The number of nitrogens with two attached hydrogens (primary N) is 1. The van der Waals surface area contributed by atoms with E-state index in [1.54, 1.807) is 0 Å². The van der Waals surface area contributed by atoms with Gasteiger partial charge in [-0.2, -0.15) is 12.7 Å². The lowest BCUT2D eigenvalue weighted by atomic mass is 9.85. The summed E-state index contributed by atoms with van der Waals surface area (Å²) >= 11 is 0. The third-order valence-corrected chi connectivity index (χ3v) is 4.38. The molecule has 1 aromatic rings. The van der Waals surface area contributed by atoms with E-state index in [9.17, 15) is 17.9 Å². The maximum atomic E-state index is 12.8. The molecule has 0 spiro atoms. The van der Waals surface area contributed by atoms with Crippen LogP contribution in [-0.2, 0) is 15.8 Å². The third kappa shape index (κ3) is 2.69. The molecule has 1 fully saturated rings. The number of benzene rings is 1. The fourth-order valence-electron chi connectivity index (χ4n) is 2.16. The molecular formula is C11H15FN2O3S. The van der Waals surface area contributed by atoms with Crippen LogP contribution < -0.4 is 5.14 Å². The number of hydrogen-bond donors (Lipinski definition) is 2. The number of nitrogens with zero attached hydrogens (tertiary/aromatic N) is 1. The Hall–Kier alpha value is -1.02. The molecule has 2 rings (SSSR count). The molecule has 18 heavy (non-hydrogen) atoms. The molecule has 3 N–H and O–H groups in total. The zero-order chi connectivity index (χ0) is 13.4. The Morgan fingerprint density at radius 1 is 1.22 bits per heavy atom. The number of hydrogen-bond acceptors (Lipinski definition) is 3. The normalized spacial score (nSPS) is 20.8. The highest BCUT2D eigenvalue weighted by Gasteiger charge is 2.36. The summed E-state index contributed by atoms with van der Waals surface area (Å²) in [6, 6.07) is 5.59. The molecule has 0 saturated carbocycles. The second-order valence-corrected chi connectivity index (χ2v) is 6.03. The van der Waals surface area contributed by atoms with Gasteiger partial charge in [-0.15, -0.1) is 0 Å². The van der Waals surface area contributed by atoms with Crippen molar-refractivity contribution >= 4 is 10.2 Å². The van der Waals surface area contributed by atoms with Crippen LogP contribution in [-0.4, -0.2) is 30.9 Å². The van der Waals surface area contributed by atoms with E-state index >= 15 is 0 Å². The summed E-state index contributed by atoms with van der Waals surface area (Å²) in [5, 5.41) is 15.5. The average molecular weight is 274 g/mol. The van der Waals surface area contributed by atoms with E-state index in [-0.39, 0.29) is 31.7 Å². The van der Waals surface area contributed by atoms with Gasteiger partial charge in [-0.3, -0.25) is 0 Å². The van der Waals surface area contributed by atoms with Crippen molar-refractivity contribution in [2.24, 2.45) is 5.14 Å². The van der Waals surface area contributed by atoms with Crippen LogP contribution in [0.25, 0.3) is 0 Å². The van der Waals surface area contributed by atoms with Gasteiger partial charge in [0.2, 0.25) is 0 Å². The van der Waals surface area contributed by atoms with Crippen molar-refractivity contribution in [1.29, 1.82) is 0 Å². The molecule has 0 bridgehead atoms. The molecule has 7 heteroatoms. The Labute approximate surface area is 105 Å². The molecule has 0 aromatic heterocycles. The van der Waals surface area contributed by atoms with E-state index in [0.717, 1.165) is 4.31 Å². The van der Waals surface area contributed by atoms with Crippen molar-refractivity contribution in [3.8, 4) is 0 Å². The van der Waals surface area contributed by atoms with Crippen molar-refractivity contribution in [2.75, 3.05) is 13.1 Å². The monoisotopic (exact) mass is 274 g/mol. The van der Waals surface area contributed by atoms with Crippen LogP contribution in [0, 0.1) is 5.82 Å². The van der Waals surface area contributed by atoms with Crippen LogP contribution in [0.1, 0.15) is 18.4 Å². The van der Waals surface area contributed by atoms with Gasteiger partial charge in [-0.1, -0.05) is 12.1 Å². The summed E-state index contributed by atoms with van der Waals surface area (Å²) < 4.78 is 36.2. The highest BCUT2D eigenvalue weighted by Crippen LogP contribution is 2.33. The Bertz CT molecular complexity index is 522. The van der Waals surface area contributed by atoms with Crippen LogP contribution in [0.2, 0.25) is 0 Å². The maximum absolute atomic E-state index is 12.8. The zero-order valence-electron chi connectivity index (χ0n) is 9.71. The van der Waals surface area contributed by atoms with Crippen LogP contribution in [0.15, 0.2) is 24.3 Å². The average Bonchev–Trinajstić information content (AvgIpc) is 2.29. The predicted octanol–water partition coefficient (Wildman–Crippen LogP) is 0.313. The van der Waals surface area contributed by atoms with E-state index < -0.39 is 15.8 Å². The van der Waals surface area contributed by atoms with E-state index in [4.69, 9.17) is 5.14 Å². The van der Waals surface area contributed by atoms with E-state index in [1.807, 2.05) is 0 Å². The number of aliphatic hydroxyl groups is 1. The van der Waals surface area contributed by atoms with Gasteiger partial charge >= 0.3 is 0 Å². The topological polar surface area (TPSA) is 83.6 Å². The van der Waals surface area contributed by atoms with Crippen molar-refractivity contribution in [2.45, 2.75) is 18.4 Å². The SMILES string of the molecule is NS(=O)(=O)N1CCC(O)(c2ccc(F)cc2)CC1. The fraction of sp³-hybridized carbons (Fsp3) is 0.455. The molecule has 1 aliphatic heterocycles. The van der Waals surface area contributed by atoms with Gasteiger partial charge < -0.3 is 5.11 Å². The Morgan fingerprint density at radius 2 is 1.72 bits per heavy atom. The molecular weight excluding hydrogens is 259 g/mol. The van der Waals surface area contributed by atoms with Crippen molar-refractivity contribution in [3.05, 3.63) is 35.6 Å². The summed E-state index contributed by atoms with van der Waals surface area (Å²) in [4.78, 5) is 0. The first kappa shape index (κ1) is 13.4. The minimum atomic E-state index is -3.70. The van der Waals surface area contributed by atoms with Gasteiger partial charge in [0.05, 0.1) is 5.60 Å². The Morgan fingerprint density at radius 3 is 2.17 bits per heavy atom. The highest BCUT2D eigenvalue weighted by molar-refractivity contribution is 7.86. The molecule has 1 aromatic carbocycles. The second kappa shape index (κ2) is 4.58. The summed E-state index contributed by atoms with van der Waals surface area (Å²) in [6.07, 6.45) is 0.490. The Balaban J connectivity index is 2.14. The first-order valence-electron chi connectivity index (χ1n) is 5.58. The first-order chi connectivity index (χ1) is 8.31. The Kier molecular flexibility index (Phi) is 3.41. The molecule has 1 heterocycles. The molecule has 0 aliphatic carbocycles.